The second-order valence-electron chi connectivity index (χ2n) is 4.64. The number of nitriles is 1. The lowest BCUT2D eigenvalue weighted by Crippen LogP contribution is -2.01. The molecule has 1 N–H and O–H groups in total. The van der Waals surface area contributed by atoms with E-state index in [1.54, 1.807) is 6.07 Å². The number of halogens is 2. The molecule has 1 saturated carbocycles. The van der Waals surface area contributed by atoms with Gasteiger partial charge < -0.3 is 5.32 Å². The number of rotatable bonds is 3. The first-order valence-corrected chi connectivity index (χ1v) is 7.75. The number of aromatic nitrogens is 2. The van der Waals surface area contributed by atoms with Crippen LogP contribution < -0.4 is 5.32 Å². The van der Waals surface area contributed by atoms with Crippen molar-refractivity contribution < 1.29 is 0 Å². The second-order valence-corrected chi connectivity index (χ2v) is 6.36. The average Bonchev–Trinajstić information content (AvgIpc) is 3.22. The third kappa shape index (κ3) is 3.00. The highest BCUT2D eigenvalue weighted by Gasteiger charge is 2.27. The molecule has 0 saturated heterocycles. The predicted octanol–water partition coefficient (Wildman–Crippen LogP) is 4.49. The molecule has 20 heavy (non-hydrogen) atoms. The molecule has 0 atom stereocenters. The first kappa shape index (κ1) is 13.5. The van der Waals surface area contributed by atoms with Crippen LogP contribution in [0.4, 0.5) is 11.5 Å². The van der Waals surface area contributed by atoms with E-state index in [0.29, 0.717) is 17.3 Å². The van der Waals surface area contributed by atoms with Crippen LogP contribution in [-0.4, -0.2) is 9.97 Å². The number of hydrogen-bond donors (Lipinski definition) is 1. The van der Waals surface area contributed by atoms with Crippen LogP contribution in [0.2, 0.25) is 0 Å². The fourth-order valence-electron chi connectivity index (χ4n) is 1.88. The minimum absolute atomic E-state index is 0.478. The van der Waals surface area contributed by atoms with Crippen molar-refractivity contribution in [2.75, 3.05) is 5.32 Å². The first-order chi connectivity index (χ1) is 9.65. The van der Waals surface area contributed by atoms with Gasteiger partial charge in [-0.15, -0.1) is 0 Å². The van der Waals surface area contributed by atoms with Gasteiger partial charge in [-0.3, -0.25) is 0 Å². The van der Waals surface area contributed by atoms with E-state index in [1.807, 2.05) is 18.2 Å². The second kappa shape index (κ2) is 5.51. The Bertz CT molecular complexity index is 705. The maximum absolute atomic E-state index is 9.15. The van der Waals surface area contributed by atoms with Gasteiger partial charge in [0.05, 0.1) is 11.3 Å². The summed E-state index contributed by atoms with van der Waals surface area (Å²) in [6, 6.07) is 9.46. The van der Waals surface area contributed by atoms with E-state index in [9.17, 15) is 0 Å². The molecule has 0 radical (unpaired) electrons. The fraction of sp³-hybridized carbons (Fsp3) is 0.214. The topological polar surface area (TPSA) is 61.6 Å². The third-order valence-corrected chi connectivity index (χ3v) is 3.92. The summed E-state index contributed by atoms with van der Waals surface area (Å²) in [4.78, 5) is 8.91. The lowest BCUT2D eigenvalue weighted by Gasteiger charge is -2.09. The normalized spacial score (nSPS) is 13.8. The highest BCUT2D eigenvalue weighted by atomic mass is 79.9. The molecule has 2 aromatic rings. The molecule has 3 rings (SSSR count). The molecule has 1 fully saturated rings. The van der Waals surface area contributed by atoms with E-state index < -0.39 is 0 Å². The van der Waals surface area contributed by atoms with E-state index in [4.69, 9.17) is 5.26 Å². The summed E-state index contributed by atoms with van der Waals surface area (Å²) < 4.78 is 1.67. The van der Waals surface area contributed by atoms with Crippen LogP contribution in [0.15, 0.2) is 33.3 Å². The molecule has 1 aromatic carbocycles. The molecule has 1 heterocycles. The minimum atomic E-state index is 0.478. The third-order valence-electron chi connectivity index (χ3n) is 3.02. The van der Waals surface area contributed by atoms with E-state index in [-0.39, 0.29) is 0 Å². The van der Waals surface area contributed by atoms with Gasteiger partial charge in [0, 0.05) is 16.5 Å². The number of benzene rings is 1. The molecular formula is C14H10Br2N4. The van der Waals surface area contributed by atoms with Gasteiger partial charge in [-0.1, -0.05) is 15.9 Å². The lowest BCUT2D eigenvalue weighted by atomic mass is 10.2. The van der Waals surface area contributed by atoms with E-state index >= 15 is 0 Å². The molecular weight excluding hydrogens is 384 g/mol. The van der Waals surface area contributed by atoms with Gasteiger partial charge in [0.2, 0.25) is 0 Å². The van der Waals surface area contributed by atoms with Gasteiger partial charge in [-0.25, -0.2) is 9.97 Å². The number of nitrogens with one attached hydrogen (secondary N) is 1. The van der Waals surface area contributed by atoms with Crippen molar-refractivity contribution in [1.29, 1.82) is 5.26 Å². The molecule has 4 nitrogen and oxygen atoms in total. The monoisotopic (exact) mass is 392 g/mol. The van der Waals surface area contributed by atoms with Crippen molar-refractivity contribution >= 4 is 43.4 Å². The van der Waals surface area contributed by atoms with Crippen LogP contribution >= 0.6 is 31.9 Å². The number of nitrogens with zero attached hydrogens (tertiary/aromatic N) is 3. The standard InChI is InChI=1S/C14H10Br2N4/c15-10-4-3-9(7-17)11(5-10)18-13-6-12(16)19-14(20-13)8-1-2-8/h3-6,8H,1-2H2,(H,18,19,20). The summed E-state index contributed by atoms with van der Waals surface area (Å²) in [7, 11) is 0. The zero-order chi connectivity index (χ0) is 14.1. The van der Waals surface area contributed by atoms with Gasteiger partial charge in [-0.2, -0.15) is 5.26 Å². The predicted molar refractivity (Wildman–Crippen MR) is 83.8 cm³/mol. The molecule has 0 bridgehead atoms. The van der Waals surface area contributed by atoms with Crippen molar-refractivity contribution in [2.24, 2.45) is 0 Å². The van der Waals surface area contributed by atoms with Crippen LogP contribution in [0.25, 0.3) is 0 Å². The van der Waals surface area contributed by atoms with Crippen molar-refractivity contribution in [3.05, 3.63) is 44.7 Å². The Labute approximate surface area is 133 Å². The van der Waals surface area contributed by atoms with E-state index in [0.717, 1.165) is 33.4 Å². The lowest BCUT2D eigenvalue weighted by molar-refractivity contribution is 0.919. The average molecular weight is 394 g/mol. The molecule has 100 valence electrons. The minimum Gasteiger partial charge on any atom is -0.339 e. The fourth-order valence-corrected chi connectivity index (χ4v) is 2.64. The highest BCUT2D eigenvalue weighted by molar-refractivity contribution is 9.10. The molecule has 6 heteroatoms. The number of hydrogen-bond acceptors (Lipinski definition) is 4. The Kier molecular flexibility index (Phi) is 3.72. The molecule has 1 aromatic heterocycles. The van der Waals surface area contributed by atoms with E-state index in [2.05, 4.69) is 53.2 Å². The van der Waals surface area contributed by atoms with Crippen LogP contribution in [-0.2, 0) is 0 Å². The molecule has 1 aliphatic carbocycles. The smallest absolute Gasteiger partial charge is 0.135 e. The summed E-state index contributed by atoms with van der Waals surface area (Å²) in [6.45, 7) is 0. The van der Waals surface area contributed by atoms with Crippen molar-refractivity contribution in [2.45, 2.75) is 18.8 Å². The Morgan fingerprint density at radius 1 is 1.20 bits per heavy atom. The van der Waals surface area contributed by atoms with Gasteiger partial charge in [0.25, 0.3) is 0 Å². The Balaban J connectivity index is 1.95. The Morgan fingerprint density at radius 3 is 2.70 bits per heavy atom. The zero-order valence-electron chi connectivity index (χ0n) is 10.4. The van der Waals surface area contributed by atoms with Crippen molar-refractivity contribution in [1.82, 2.24) is 9.97 Å². The molecule has 0 spiro atoms. The maximum atomic E-state index is 9.15. The van der Waals surface area contributed by atoms with Gasteiger partial charge in [0.1, 0.15) is 22.3 Å². The Morgan fingerprint density at radius 2 is 2.00 bits per heavy atom. The summed E-state index contributed by atoms with van der Waals surface area (Å²) >= 11 is 6.82. The zero-order valence-corrected chi connectivity index (χ0v) is 13.6. The number of anilines is 2. The highest BCUT2D eigenvalue weighted by Crippen LogP contribution is 2.39. The van der Waals surface area contributed by atoms with Crippen LogP contribution in [0.5, 0.6) is 0 Å². The summed E-state index contributed by atoms with van der Waals surface area (Å²) in [5.74, 6) is 2.03. The first-order valence-electron chi connectivity index (χ1n) is 6.17. The van der Waals surface area contributed by atoms with Crippen molar-refractivity contribution in [3.63, 3.8) is 0 Å². The summed E-state index contributed by atoms with van der Waals surface area (Å²) in [5, 5.41) is 12.3. The molecule has 0 aliphatic heterocycles. The maximum Gasteiger partial charge on any atom is 0.135 e. The van der Waals surface area contributed by atoms with Crippen molar-refractivity contribution in [3.8, 4) is 6.07 Å². The van der Waals surface area contributed by atoms with Gasteiger partial charge in [0.15, 0.2) is 0 Å². The summed E-state index contributed by atoms with van der Waals surface area (Å²) in [5.41, 5.74) is 1.31. The molecule has 0 unspecified atom stereocenters. The molecule has 1 aliphatic rings. The van der Waals surface area contributed by atoms with Gasteiger partial charge in [-0.05, 0) is 47.0 Å². The van der Waals surface area contributed by atoms with Crippen LogP contribution in [0.1, 0.15) is 30.1 Å². The van der Waals surface area contributed by atoms with Crippen LogP contribution in [0.3, 0.4) is 0 Å². The van der Waals surface area contributed by atoms with Gasteiger partial charge >= 0.3 is 0 Å². The SMILES string of the molecule is N#Cc1ccc(Br)cc1Nc1cc(Br)nc(C2CC2)n1. The summed E-state index contributed by atoms with van der Waals surface area (Å²) in [6.07, 6.45) is 2.30. The Hall–Kier alpha value is -1.45. The quantitative estimate of drug-likeness (QED) is 0.780. The largest absolute Gasteiger partial charge is 0.339 e. The molecule has 0 amide bonds. The van der Waals surface area contributed by atoms with Crippen LogP contribution in [0, 0.1) is 11.3 Å². The van der Waals surface area contributed by atoms with E-state index in [1.165, 1.54) is 0 Å².